The highest BCUT2D eigenvalue weighted by molar-refractivity contribution is 8.04. The van der Waals surface area contributed by atoms with Gasteiger partial charge in [0.25, 0.3) is 5.91 Å². The molecule has 140 valence electrons. The molecule has 2 aromatic heterocycles. The summed E-state index contributed by atoms with van der Waals surface area (Å²) >= 11 is 1.56. The molecule has 2 aromatic rings. The van der Waals surface area contributed by atoms with Crippen molar-refractivity contribution in [2.75, 3.05) is 24.2 Å². The number of hydrogen-bond acceptors (Lipinski definition) is 6. The normalized spacial score (nSPS) is 18.1. The molecule has 0 aromatic carbocycles. The molecule has 4 N–H and O–H groups in total. The molecule has 0 spiro atoms. The molecular weight excluding hydrogens is 348 g/mol. The van der Waals surface area contributed by atoms with Crippen LogP contribution in [-0.4, -0.2) is 46.2 Å². The van der Waals surface area contributed by atoms with Gasteiger partial charge in [-0.25, -0.2) is 9.97 Å². The number of anilines is 1. The second-order valence-electron chi connectivity index (χ2n) is 6.45. The number of carbonyl (C=O) groups excluding carboxylic acids is 1. The highest BCUT2D eigenvalue weighted by Gasteiger charge is 2.19. The number of carbonyl (C=O) groups is 1. The van der Waals surface area contributed by atoms with Crippen molar-refractivity contribution in [2.45, 2.75) is 38.1 Å². The molecule has 3 heterocycles. The summed E-state index contributed by atoms with van der Waals surface area (Å²) in [5, 5.41) is 3.61. The van der Waals surface area contributed by atoms with Gasteiger partial charge in [0.05, 0.1) is 10.3 Å². The molecule has 8 heteroatoms. The predicted molar refractivity (Wildman–Crippen MR) is 107 cm³/mol. The van der Waals surface area contributed by atoms with Crippen molar-refractivity contribution < 1.29 is 4.79 Å². The Kier molecular flexibility index (Phi) is 6.51. The minimum Gasteiger partial charge on any atom is -0.355 e. The Labute approximate surface area is 157 Å². The van der Waals surface area contributed by atoms with Gasteiger partial charge in [0.2, 0.25) is 0 Å². The molecule has 1 amide bonds. The van der Waals surface area contributed by atoms with E-state index in [1.807, 2.05) is 23.4 Å². The SMILES string of the molecule is CNC(=O)C1=CN(c2ncnc3[nH]ccc23)CCS1.NC1CCCCC1. The molecule has 1 saturated carbocycles. The number of thioether (sulfide) groups is 1. The van der Waals surface area contributed by atoms with Gasteiger partial charge in [-0.3, -0.25) is 4.79 Å². The molecule has 0 radical (unpaired) electrons. The summed E-state index contributed by atoms with van der Waals surface area (Å²) in [6.07, 6.45) is 11.9. The van der Waals surface area contributed by atoms with Crippen LogP contribution in [0, 0.1) is 0 Å². The van der Waals surface area contributed by atoms with Gasteiger partial charge in [-0.1, -0.05) is 19.3 Å². The first kappa shape index (κ1) is 18.7. The van der Waals surface area contributed by atoms with Crippen LogP contribution in [-0.2, 0) is 4.79 Å². The fraction of sp³-hybridized carbons (Fsp3) is 0.500. The van der Waals surface area contributed by atoms with Gasteiger partial charge in [-0.05, 0) is 18.9 Å². The lowest BCUT2D eigenvalue weighted by atomic mass is 9.97. The molecule has 4 rings (SSSR count). The Hall–Kier alpha value is -2.06. The van der Waals surface area contributed by atoms with Crippen molar-refractivity contribution >= 4 is 34.5 Å². The monoisotopic (exact) mass is 374 g/mol. The molecule has 0 bridgehead atoms. The van der Waals surface area contributed by atoms with Crippen molar-refractivity contribution in [3.05, 3.63) is 29.7 Å². The molecule has 0 unspecified atom stereocenters. The highest BCUT2D eigenvalue weighted by Crippen LogP contribution is 2.28. The minimum atomic E-state index is -0.0610. The Balaban J connectivity index is 0.000000236. The average Bonchev–Trinajstić information content (AvgIpc) is 3.17. The van der Waals surface area contributed by atoms with E-state index in [9.17, 15) is 4.79 Å². The van der Waals surface area contributed by atoms with Crippen molar-refractivity contribution in [1.82, 2.24) is 20.3 Å². The molecule has 7 nitrogen and oxygen atoms in total. The molecule has 2 aliphatic rings. The maximum atomic E-state index is 11.7. The van der Waals surface area contributed by atoms with Crippen LogP contribution < -0.4 is 16.0 Å². The van der Waals surface area contributed by atoms with E-state index in [1.165, 1.54) is 38.4 Å². The summed E-state index contributed by atoms with van der Waals surface area (Å²) in [6, 6.07) is 2.48. The summed E-state index contributed by atoms with van der Waals surface area (Å²) in [4.78, 5) is 26.0. The molecule has 0 saturated heterocycles. The van der Waals surface area contributed by atoms with Crippen LogP contribution in [0.15, 0.2) is 29.7 Å². The van der Waals surface area contributed by atoms with Crippen molar-refractivity contribution in [3.8, 4) is 0 Å². The number of H-pyrrole nitrogens is 1. The summed E-state index contributed by atoms with van der Waals surface area (Å²) < 4.78 is 0. The average molecular weight is 375 g/mol. The van der Waals surface area contributed by atoms with Crippen LogP contribution in [0.2, 0.25) is 0 Å². The van der Waals surface area contributed by atoms with Gasteiger partial charge in [0, 0.05) is 37.8 Å². The Morgan fingerprint density at radius 3 is 2.85 bits per heavy atom. The maximum Gasteiger partial charge on any atom is 0.258 e. The van der Waals surface area contributed by atoms with Crippen LogP contribution in [0.4, 0.5) is 5.82 Å². The topological polar surface area (TPSA) is 99.9 Å². The van der Waals surface area contributed by atoms with Crippen molar-refractivity contribution in [3.63, 3.8) is 0 Å². The zero-order valence-electron chi connectivity index (χ0n) is 15.1. The number of nitrogens with two attached hydrogens (primary N) is 1. The summed E-state index contributed by atoms with van der Waals surface area (Å²) in [5.41, 5.74) is 6.44. The lowest BCUT2D eigenvalue weighted by Gasteiger charge is -2.25. The zero-order chi connectivity index (χ0) is 18.4. The number of nitrogens with zero attached hydrogens (tertiary/aromatic N) is 3. The Morgan fingerprint density at radius 1 is 1.35 bits per heavy atom. The third-order valence-electron chi connectivity index (χ3n) is 4.57. The number of fused-ring (bicyclic) bond motifs is 1. The molecular formula is C18H26N6OS. The number of likely N-dealkylation sites (N-methyl/N-ethyl adjacent to an activating group) is 1. The quantitative estimate of drug-likeness (QED) is 0.746. The maximum absolute atomic E-state index is 11.7. The molecule has 1 fully saturated rings. The Morgan fingerprint density at radius 2 is 2.15 bits per heavy atom. The fourth-order valence-electron chi connectivity index (χ4n) is 3.13. The first-order valence-electron chi connectivity index (χ1n) is 9.06. The van der Waals surface area contributed by atoms with Gasteiger partial charge in [-0.2, -0.15) is 0 Å². The minimum absolute atomic E-state index is 0.0610. The van der Waals surface area contributed by atoms with Crippen molar-refractivity contribution in [1.29, 1.82) is 0 Å². The number of amides is 1. The van der Waals surface area contributed by atoms with E-state index in [0.29, 0.717) is 10.9 Å². The van der Waals surface area contributed by atoms with Crippen LogP contribution in [0.5, 0.6) is 0 Å². The van der Waals surface area contributed by atoms with Crippen LogP contribution >= 0.6 is 11.8 Å². The van der Waals surface area contributed by atoms with Crippen LogP contribution in [0.3, 0.4) is 0 Å². The van der Waals surface area contributed by atoms with E-state index in [1.54, 1.807) is 18.8 Å². The van der Waals surface area contributed by atoms with Gasteiger partial charge in [-0.15, -0.1) is 11.8 Å². The van der Waals surface area contributed by atoms with Crippen LogP contribution in [0.1, 0.15) is 32.1 Å². The second-order valence-corrected chi connectivity index (χ2v) is 7.59. The standard InChI is InChI=1S/C12H13N5OS.C6H13N/c1-13-12(18)9-6-17(4-5-19-9)11-8-2-3-14-10(8)15-7-16-11;7-6-4-2-1-3-5-6/h2-3,6-7H,4-5H2,1H3,(H,13,18)(H,14,15,16);6H,1-5,7H2. The van der Waals surface area contributed by atoms with Gasteiger partial charge < -0.3 is 20.9 Å². The van der Waals surface area contributed by atoms with Gasteiger partial charge in [0.15, 0.2) is 0 Å². The largest absolute Gasteiger partial charge is 0.355 e. The lowest BCUT2D eigenvalue weighted by Crippen LogP contribution is -2.29. The van der Waals surface area contributed by atoms with E-state index in [0.717, 1.165) is 29.1 Å². The smallest absolute Gasteiger partial charge is 0.258 e. The number of aromatic amines is 1. The Bertz CT molecular complexity index is 768. The number of hydrogen-bond donors (Lipinski definition) is 3. The predicted octanol–water partition coefficient (Wildman–Crippen LogP) is 2.38. The molecule has 1 aliphatic heterocycles. The second kappa shape index (κ2) is 9.05. The number of nitrogens with one attached hydrogen (secondary N) is 2. The molecule has 1 aliphatic carbocycles. The lowest BCUT2D eigenvalue weighted by molar-refractivity contribution is -0.116. The first-order chi connectivity index (χ1) is 12.7. The highest BCUT2D eigenvalue weighted by atomic mass is 32.2. The van der Waals surface area contributed by atoms with Crippen molar-refractivity contribution in [2.24, 2.45) is 5.73 Å². The third kappa shape index (κ3) is 4.56. The first-order valence-corrected chi connectivity index (χ1v) is 10.0. The van der Waals surface area contributed by atoms with E-state index in [-0.39, 0.29) is 5.91 Å². The van der Waals surface area contributed by atoms with Crippen LogP contribution in [0.25, 0.3) is 11.0 Å². The molecule has 26 heavy (non-hydrogen) atoms. The van der Waals surface area contributed by atoms with E-state index < -0.39 is 0 Å². The number of rotatable bonds is 2. The van der Waals surface area contributed by atoms with Gasteiger partial charge in [0.1, 0.15) is 17.8 Å². The summed E-state index contributed by atoms with van der Waals surface area (Å²) in [6.45, 7) is 0.822. The fourth-order valence-corrected chi connectivity index (χ4v) is 4.08. The summed E-state index contributed by atoms with van der Waals surface area (Å²) in [5.74, 6) is 1.62. The number of aromatic nitrogens is 3. The summed E-state index contributed by atoms with van der Waals surface area (Å²) in [7, 11) is 1.64. The third-order valence-corrected chi connectivity index (χ3v) is 5.56. The van der Waals surface area contributed by atoms with E-state index in [2.05, 4.69) is 20.3 Å². The van der Waals surface area contributed by atoms with E-state index >= 15 is 0 Å². The zero-order valence-corrected chi connectivity index (χ0v) is 15.9. The van der Waals surface area contributed by atoms with E-state index in [4.69, 9.17) is 5.73 Å². The van der Waals surface area contributed by atoms with Gasteiger partial charge >= 0.3 is 0 Å². The molecule has 0 atom stereocenters.